The molecule has 0 fully saturated rings. The number of aromatic nitrogens is 5. The van der Waals surface area contributed by atoms with Crippen LogP contribution in [0.1, 0.15) is 19.3 Å². The van der Waals surface area contributed by atoms with Crippen molar-refractivity contribution in [3.8, 4) is 11.3 Å². The molecule has 3 aromatic rings. The number of halogens is 2. The molecule has 0 amide bonds. The van der Waals surface area contributed by atoms with Gasteiger partial charge in [0, 0.05) is 25.1 Å². The number of nitrogens with zero attached hydrogens (tertiary/aromatic N) is 4. The maximum absolute atomic E-state index is 13.6. The Morgan fingerprint density at radius 1 is 1.19 bits per heavy atom. The van der Waals surface area contributed by atoms with Gasteiger partial charge in [0.2, 0.25) is 0 Å². The van der Waals surface area contributed by atoms with Crippen molar-refractivity contribution in [2.45, 2.75) is 19.3 Å². The summed E-state index contributed by atoms with van der Waals surface area (Å²) in [6.45, 7) is -0.775. The molecule has 10 heteroatoms. The predicted octanol–water partition coefficient (Wildman–Crippen LogP) is 1.65. The molecule has 3 aromatic heterocycles. The molecule has 0 saturated heterocycles. The van der Waals surface area contributed by atoms with Gasteiger partial charge in [0.1, 0.15) is 5.69 Å². The second-order valence-corrected chi connectivity index (χ2v) is 5.73. The molecule has 3 heterocycles. The molecular weight excluding hydrogens is 346 g/mol. The minimum Gasteiger partial charge on any atom is -0.341 e. The first-order valence-electron chi connectivity index (χ1n) is 8.17. The van der Waals surface area contributed by atoms with E-state index in [1.54, 1.807) is 12.3 Å². The summed E-state index contributed by atoms with van der Waals surface area (Å²) in [4.78, 5) is 33.4. The van der Waals surface area contributed by atoms with E-state index in [4.69, 9.17) is 0 Å². The van der Waals surface area contributed by atoms with E-state index in [1.807, 2.05) is 0 Å². The predicted molar refractivity (Wildman–Crippen MR) is 92.8 cm³/mol. The topological polar surface area (TPSA) is 99.2 Å². The van der Waals surface area contributed by atoms with Crippen LogP contribution < -0.4 is 16.1 Å². The maximum atomic E-state index is 13.6. The molecular formula is C16H18F2N6O2. The van der Waals surface area contributed by atoms with Crippen LogP contribution in [-0.2, 0) is 0 Å². The van der Waals surface area contributed by atoms with Crippen LogP contribution in [0.15, 0.2) is 34.2 Å². The van der Waals surface area contributed by atoms with Crippen molar-refractivity contribution in [1.82, 2.24) is 24.6 Å². The van der Waals surface area contributed by atoms with Crippen molar-refractivity contribution >= 4 is 11.3 Å². The summed E-state index contributed by atoms with van der Waals surface area (Å²) in [5, 5.41) is 4.30. The fourth-order valence-corrected chi connectivity index (χ4v) is 2.68. The van der Waals surface area contributed by atoms with Gasteiger partial charge in [-0.3, -0.25) is 14.2 Å². The number of hydrogen-bond donors (Lipinski definition) is 2. The van der Waals surface area contributed by atoms with Gasteiger partial charge in [-0.25, -0.2) is 18.7 Å². The summed E-state index contributed by atoms with van der Waals surface area (Å²) in [6.07, 6.45) is 6.07. The molecule has 0 saturated carbocycles. The summed E-state index contributed by atoms with van der Waals surface area (Å²) in [5.41, 5.74) is 0.108. The van der Waals surface area contributed by atoms with E-state index in [0.717, 1.165) is 0 Å². The fraction of sp³-hybridized carbons (Fsp3) is 0.375. The minimum absolute atomic E-state index is 0.151. The Morgan fingerprint density at radius 2 is 2.04 bits per heavy atom. The largest absolute Gasteiger partial charge is 0.341 e. The Balaban J connectivity index is 2.02. The Labute approximate surface area is 146 Å². The molecule has 26 heavy (non-hydrogen) atoms. The van der Waals surface area contributed by atoms with Crippen LogP contribution in [0.25, 0.3) is 16.9 Å². The average Bonchev–Trinajstić information content (AvgIpc) is 3.10. The van der Waals surface area contributed by atoms with Gasteiger partial charge in [0.25, 0.3) is 5.56 Å². The highest BCUT2D eigenvalue weighted by molar-refractivity contribution is 5.74. The van der Waals surface area contributed by atoms with Gasteiger partial charge in [-0.1, -0.05) is 0 Å². The molecule has 0 radical (unpaired) electrons. The Bertz CT molecular complexity index is 996. The van der Waals surface area contributed by atoms with Crippen molar-refractivity contribution in [3.05, 3.63) is 45.5 Å². The van der Waals surface area contributed by atoms with E-state index in [0.29, 0.717) is 37.1 Å². The third-order valence-electron chi connectivity index (χ3n) is 3.98. The highest BCUT2D eigenvalue weighted by atomic mass is 19.1. The smallest absolute Gasteiger partial charge is 0.325 e. The molecule has 138 valence electrons. The lowest BCUT2D eigenvalue weighted by Crippen LogP contribution is -2.25. The van der Waals surface area contributed by atoms with E-state index in [9.17, 15) is 18.4 Å². The number of H-pyrrole nitrogens is 2. The molecule has 0 unspecified atom stereocenters. The zero-order chi connectivity index (χ0) is 18.5. The van der Waals surface area contributed by atoms with Gasteiger partial charge < -0.3 is 9.88 Å². The summed E-state index contributed by atoms with van der Waals surface area (Å²) in [6, 6.07) is 1.56. The van der Waals surface area contributed by atoms with Crippen molar-refractivity contribution < 1.29 is 8.78 Å². The number of alkyl halides is 2. The third-order valence-corrected chi connectivity index (χ3v) is 3.98. The van der Waals surface area contributed by atoms with Crippen molar-refractivity contribution in [2.75, 3.05) is 24.9 Å². The summed E-state index contributed by atoms with van der Waals surface area (Å²) < 4.78 is 27.3. The van der Waals surface area contributed by atoms with Crippen molar-refractivity contribution in [1.29, 1.82) is 0 Å². The second-order valence-electron chi connectivity index (χ2n) is 5.73. The monoisotopic (exact) mass is 364 g/mol. The maximum Gasteiger partial charge on any atom is 0.325 e. The number of imidazole rings is 1. The number of rotatable bonds is 8. The number of unbranched alkanes of at least 4 members (excludes halogenated alkanes) is 2. The standard InChI is InChI=1S/C16H18F2N6O2/c17-4-2-1-3-6-23(10-18)13-8-12(22-24-7-5-19-14(13)24)11-9-20-16(26)21-15(11)25/h5,7-9H,1-4,6,10H2,(H2,20,21,25,26). The van der Waals surface area contributed by atoms with E-state index >= 15 is 0 Å². The van der Waals surface area contributed by atoms with E-state index in [-0.39, 0.29) is 11.3 Å². The lowest BCUT2D eigenvalue weighted by Gasteiger charge is -2.22. The van der Waals surface area contributed by atoms with Crippen LogP contribution in [0.3, 0.4) is 0 Å². The quantitative estimate of drug-likeness (QED) is 0.468. The van der Waals surface area contributed by atoms with E-state index in [1.165, 1.54) is 21.8 Å². The summed E-state index contributed by atoms with van der Waals surface area (Å²) in [7, 11) is 0. The highest BCUT2D eigenvalue weighted by Gasteiger charge is 2.16. The van der Waals surface area contributed by atoms with Gasteiger partial charge >= 0.3 is 5.69 Å². The average molecular weight is 364 g/mol. The number of anilines is 1. The molecule has 3 rings (SSSR count). The second kappa shape index (κ2) is 7.89. The third kappa shape index (κ3) is 3.63. The molecule has 0 atom stereocenters. The fourth-order valence-electron chi connectivity index (χ4n) is 2.68. The van der Waals surface area contributed by atoms with Gasteiger partial charge in [0.05, 0.1) is 17.9 Å². The molecule has 0 aliphatic carbocycles. The highest BCUT2D eigenvalue weighted by Crippen LogP contribution is 2.25. The van der Waals surface area contributed by atoms with Crippen LogP contribution in [0.2, 0.25) is 0 Å². The van der Waals surface area contributed by atoms with Crippen molar-refractivity contribution in [3.63, 3.8) is 0 Å². The number of nitrogens with one attached hydrogen (secondary N) is 2. The van der Waals surface area contributed by atoms with Gasteiger partial charge in [-0.15, -0.1) is 0 Å². The first-order chi connectivity index (χ1) is 12.6. The first-order valence-corrected chi connectivity index (χ1v) is 8.17. The van der Waals surface area contributed by atoms with Crippen LogP contribution in [0.5, 0.6) is 0 Å². The zero-order valence-electron chi connectivity index (χ0n) is 13.9. The van der Waals surface area contributed by atoms with Gasteiger partial charge in [-0.05, 0) is 25.3 Å². The van der Waals surface area contributed by atoms with Gasteiger partial charge in [-0.2, -0.15) is 5.10 Å². The zero-order valence-corrected chi connectivity index (χ0v) is 13.9. The van der Waals surface area contributed by atoms with Crippen LogP contribution in [0, 0.1) is 0 Å². The molecule has 0 aromatic carbocycles. The van der Waals surface area contributed by atoms with E-state index in [2.05, 4.69) is 20.1 Å². The summed E-state index contributed by atoms with van der Waals surface area (Å²) in [5.74, 6) is 0. The number of hydrogen-bond acceptors (Lipinski definition) is 5. The molecule has 0 aliphatic heterocycles. The van der Waals surface area contributed by atoms with Crippen LogP contribution >= 0.6 is 0 Å². The Hall–Kier alpha value is -3.04. The van der Waals surface area contributed by atoms with Crippen LogP contribution in [0.4, 0.5) is 14.5 Å². The van der Waals surface area contributed by atoms with Crippen molar-refractivity contribution in [2.24, 2.45) is 0 Å². The van der Waals surface area contributed by atoms with Gasteiger partial charge in [0.15, 0.2) is 12.4 Å². The first kappa shape index (κ1) is 17.8. The number of fused-ring (bicyclic) bond motifs is 1. The molecule has 0 aliphatic rings. The van der Waals surface area contributed by atoms with E-state index < -0.39 is 24.7 Å². The molecule has 8 nitrogen and oxygen atoms in total. The summed E-state index contributed by atoms with van der Waals surface area (Å²) >= 11 is 0. The van der Waals surface area contributed by atoms with Crippen LogP contribution in [-0.4, -0.2) is 44.6 Å². The normalized spacial score (nSPS) is 11.2. The lowest BCUT2D eigenvalue weighted by atomic mass is 10.2. The SMILES string of the molecule is O=c1[nH]cc(-c2cc(N(CF)CCCCCF)c3nccn3n2)c(=O)[nH]1. The Morgan fingerprint density at radius 3 is 2.77 bits per heavy atom. The number of aromatic amines is 2. The molecule has 0 bridgehead atoms. The molecule has 0 spiro atoms. The minimum atomic E-state index is -0.760. The lowest BCUT2D eigenvalue weighted by molar-refractivity contribution is 0.442. The Kier molecular flexibility index (Phi) is 5.40. The molecule has 2 N–H and O–H groups in total.